The first kappa shape index (κ1) is 23.5. The van der Waals surface area contributed by atoms with Crippen molar-refractivity contribution in [3.05, 3.63) is 66.2 Å². The molecule has 166 valence electrons. The fourth-order valence-electron chi connectivity index (χ4n) is 3.38. The lowest BCUT2D eigenvalue weighted by Gasteiger charge is -2.34. The van der Waals surface area contributed by atoms with Crippen LogP contribution in [0.1, 0.15) is 5.56 Å². The SMILES string of the molecule is CSc1ccc(S(=O)(=O)N(C)CC(=O)N2CCN(C/C=C/c3ccccc3)CC2)cc1. The third kappa shape index (κ3) is 6.43. The van der Waals surface area contributed by atoms with E-state index >= 15 is 0 Å². The molecular weight excluding hydrogens is 430 g/mol. The fraction of sp³-hybridized carbons (Fsp3) is 0.348. The smallest absolute Gasteiger partial charge is 0.243 e. The zero-order valence-electron chi connectivity index (χ0n) is 18.0. The van der Waals surface area contributed by atoms with E-state index < -0.39 is 10.0 Å². The molecule has 1 fully saturated rings. The number of piperazine rings is 1. The first-order valence-electron chi connectivity index (χ1n) is 10.2. The van der Waals surface area contributed by atoms with Gasteiger partial charge < -0.3 is 4.90 Å². The van der Waals surface area contributed by atoms with Crippen LogP contribution in [0.3, 0.4) is 0 Å². The molecule has 0 N–H and O–H groups in total. The minimum atomic E-state index is -3.69. The summed E-state index contributed by atoms with van der Waals surface area (Å²) in [7, 11) is -2.23. The Balaban J connectivity index is 1.48. The number of hydrogen-bond acceptors (Lipinski definition) is 5. The van der Waals surface area contributed by atoms with E-state index in [-0.39, 0.29) is 17.3 Å². The number of benzene rings is 2. The average molecular weight is 460 g/mol. The highest BCUT2D eigenvalue weighted by Gasteiger charge is 2.27. The molecule has 2 aromatic carbocycles. The van der Waals surface area contributed by atoms with Crippen LogP contribution in [0.2, 0.25) is 0 Å². The monoisotopic (exact) mass is 459 g/mol. The molecule has 0 atom stereocenters. The molecule has 1 heterocycles. The first-order valence-corrected chi connectivity index (χ1v) is 12.9. The van der Waals surface area contributed by atoms with Crippen molar-refractivity contribution in [1.29, 1.82) is 0 Å². The van der Waals surface area contributed by atoms with Gasteiger partial charge in [-0.15, -0.1) is 11.8 Å². The molecule has 1 aliphatic heterocycles. The lowest BCUT2D eigenvalue weighted by atomic mass is 10.2. The number of amides is 1. The molecule has 1 amide bonds. The number of hydrogen-bond donors (Lipinski definition) is 0. The average Bonchev–Trinajstić information content (AvgIpc) is 2.80. The Kier molecular flexibility index (Phi) is 8.31. The van der Waals surface area contributed by atoms with Crippen molar-refractivity contribution in [3.63, 3.8) is 0 Å². The van der Waals surface area contributed by atoms with Crippen molar-refractivity contribution in [2.75, 3.05) is 52.6 Å². The predicted molar refractivity (Wildman–Crippen MR) is 127 cm³/mol. The van der Waals surface area contributed by atoms with Gasteiger partial charge in [-0.3, -0.25) is 9.69 Å². The van der Waals surface area contributed by atoms with E-state index in [1.54, 1.807) is 40.9 Å². The third-order valence-corrected chi connectivity index (χ3v) is 7.89. The fourth-order valence-corrected chi connectivity index (χ4v) is 4.91. The van der Waals surface area contributed by atoms with Gasteiger partial charge in [0.15, 0.2) is 0 Å². The largest absolute Gasteiger partial charge is 0.339 e. The maximum absolute atomic E-state index is 12.8. The van der Waals surface area contributed by atoms with Crippen LogP contribution in [0.15, 0.2) is 70.5 Å². The van der Waals surface area contributed by atoms with E-state index in [0.29, 0.717) is 13.1 Å². The van der Waals surface area contributed by atoms with Gasteiger partial charge in [0, 0.05) is 44.7 Å². The molecule has 0 unspecified atom stereocenters. The molecule has 0 spiro atoms. The van der Waals surface area contributed by atoms with Gasteiger partial charge in [-0.2, -0.15) is 4.31 Å². The Morgan fingerprint density at radius 3 is 2.29 bits per heavy atom. The van der Waals surface area contributed by atoms with Gasteiger partial charge in [0.25, 0.3) is 0 Å². The molecule has 1 saturated heterocycles. The molecule has 3 rings (SSSR count). The number of carbonyl (C=O) groups is 1. The van der Waals surface area contributed by atoms with Gasteiger partial charge in [-0.25, -0.2) is 8.42 Å². The second-order valence-corrected chi connectivity index (χ2v) is 10.4. The summed E-state index contributed by atoms with van der Waals surface area (Å²) >= 11 is 1.55. The molecule has 31 heavy (non-hydrogen) atoms. The topological polar surface area (TPSA) is 60.9 Å². The van der Waals surface area contributed by atoms with Crippen molar-refractivity contribution >= 4 is 33.8 Å². The zero-order chi connectivity index (χ0) is 22.3. The van der Waals surface area contributed by atoms with Gasteiger partial charge >= 0.3 is 0 Å². The number of carbonyl (C=O) groups excluding carboxylic acids is 1. The van der Waals surface area contributed by atoms with Crippen molar-refractivity contribution in [2.45, 2.75) is 9.79 Å². The number of rotatable bonds is 8. The molecule has 6 nitrogen and oxygen atoms in total. The lowest BCUT2D eigenvalue weighted by molar-refractivity contribution is -0.132. The van der Waals surface area contributed by atoms with Gasteiger partial charge in [0.05, 0.1) is 11.4 Å². The second-order valence-electron chi connectivity index (χ2n) is 7.43. The quantitative estimate of drug-likeness (QED) is 0.568. The van der Waals surface area contributed by atoms with Crippen molar-refractivity contribution in [2.24, 2.45) is 0 Å². The van der Waals surface area contributed by atoms with Crippen molar-refractivity contribution < 1.29 is 13.2 Å². The second kappa shape index (κ2) is 10.9. The van der Waals surface area contributed by atoms with Gasteiger partial charge in [-0.1, -0.05) is 42.5 Å². The lowest BCUT2D eigenvalue weighted by Crippen LogP contribution is -2.51. The Bertz CT molecular complexity index is 984. The molecule has 2 aromatic rings. The van der Waals surface area contributed by atoms with E-state index in [4.69, 9.17) is 0 Å². The van der Waals surface area contributed by atoms with Crippen LogP contribution >= 0.6 is 11.8 Å². The molecule has 8 heteroatoms. The summed E-state index contributed by atoms with van der Waals surface area (Å²) in [5.41, 5.74) is 1.17. The summed E-state index contributed by atoms with van der Waals surface area (Å²) in [6.45, 7) is 3.44. The highest BCUT2D eigenvalue weighted by molar-refractivity contribution is 7.98. The van der Waals surface area contributed by atoms with E-state index in [0.717, 1.165) is 28.8 Å². The molecule has 0 bridgehead atoms. The number of sulfonamides is 1. The van der Waals surface area contributed by atoms with Crippen LogP contribution in [0.4, 0.5) is 0 Å². The molecule has 0 saturated carbocycles. The first-order chi connectivity index (χ1) is 14.9. The minimum absolute atomic E-state index is 0.152. The summed E-state index contributed by atoms with van der Waals surface area (Å²) in [5.74, 6) is -0.161. The number of nitrogens with zero attached hydrogens (tertiary/aromatic N) is 3. The maximum Gasteiger partial charge on any atom is 0.243 e. The third-order valence-electron chi connectivity index (χ3n) is 5.32. The molecular formula is C23H29N3O3S2. The standard InChI is InChI=1S/C23H29N3O3S2/c1-24(31(28,29)22-12-10-21(30-2)11-13-22)19-23(27)26-17-15-25(16-18-26)14-6-9-20-7-4-3-5-8-20/h3-13H,14-19H2,1-2H3/b9-6+. The van der Waals surface area contributed by atoms with E-state index in [9.17, 15) is 13.2 Å². The van der Waals surface area contributed by atoms with Gasteiger partial charge in [0.1, 0.15) is 0 Å². The Morgan fingerprint density at radius 2 is 1.68 bits per heavy atom. The van der Waals surface area contributed by atoms with Crippen molar-refractivity contribution in [3.8, 4) is 0 Å². The Morgan fingerprint density at radius 1 is 1.03 bits per heavy atom. The predicted octanol–water partition coefficient (Wildman–Crippen LogP) is 2.89. The number of likely N-dealkylation sites (N-methyl/N-ethyl adjacent to an activating group) is 1. The van der Waals surface area contributed by atoms with Gasteiger partial charge in [-0.05, 0) is 36.1 Å². The summed E-state index contributed by atoms with van der Waals surface area (Å²) in [5, 5.41) is 0. The Hall–Kier alpha value is -2.13. The molecule has 1 aliphatic rings. The minimum Gasteiger partial charge on any atom is -0.339 e. The van der Waals surface area contributed by atoms with E-state index in [1.165, 1.54) is 12.6 Å². The van der Waals surface area contributed by atoms with Crippen molar-refractivity contribution in [1.82, 2.24) is 14.1 Å². The van der Waals surface area contributed by atoms with E-state index in [2.05, 4.69) is 29.2 Å². The molecule has 0 aromatic heterocycles. The number of thioether (sulfide) groups is 1. The Labute approximate surface area is 189 Å². The van der Waals surface area contributed by atoms with Crippen LogP contribution in [0.5, 0.6) is 0 Å². The van der Waals surface area contributed by atoms with E-state index in [1.807, 2.05) is 24.5 Å². The molecule has 0 aliphatic carbocycles. The van der Waals surface area contributed by atoms with Crippen LogP contribution in [0, 0.1) is 0 Å². The van der Waals surface area contributed by atoms with Gasteiger partial charge in [0.2, 0.25) is 15.9 Å². The van der Waals surface area contributed by atoms with Crippen LogP contribution in [-0.2, 0) is 14.8 Å². The summed E-state index contributed by atoms with van der Waals surface area (Å²) in [6.07, 6.45) is 6.17. The van der Waals surface area contributed by atoms with Crippen LogP contribution in [0.25, 0.3) is 6.08 Å². The highest BCUT2D eigenvalue weighted by Crippen LogP contribution is 2.20. The molecule has 0 radical (unpaired) electrons. The normalized spacial score (nSPS) is 15.6. The van der Waals surface area contributed by atoms with Crippen LogP contribution < -0.4 is 0 Å². The summed E-state index contributed by atoms with van der Waals surface area (Å²) in [4.78, 5) is 17.9. The highest BCUT2D eigenvalue weighted by atomic mass is 32.2. The summed E-state index contributed by atoms with van der Waals surface area (Å²) < 4.78 is 26.7. The van der Waals surface area contributed by atoms with Crippen LogP contribution in [-0.4, -0.2) is 81.0 Å². The maximum atomic E-state index is 12.8. The zero-order valence-corrected chi connectivity index (χ0v) is 19.6. The summed E-state index contributed by atoms with van der Waals surface area (Å²) in [6, 6.07) is 16.9.